The quantitative estimate of drug-likeness (QED) is 0.608. The summed E-state index contributed by atoms with van der Waals surface area (Å²) in [7, 11) is 1.63. The highest BCUT2D eigenvalue weighted by Crippen LogP contribution is 2.18. The van der Waals surface area contributed by atoms with E-state index < -0.39 is 0 Å². The van der Waals surface area contributed by atoms with Gasteiger partial charge >= 0.3 is 5.97 Å². The Bertz CT molecular complexity index is 327. The maximum absolute atomic E-state index is 11.0. The van der Waals surface area contributed by atoms with Crippen LogP contribution in [-0.2, 0) is 9.53 Å². The summed E-state index contributed by atoms with van der Waals surface area (Å²) in [4.78, 5) is 12.0. The van der Waals surface area contributed by atoms with E-state index in [1.165, 1.54) is 11.9 Å². The second kappa shape index (κ2) is 7.14. The van der Waals surface area contributed by atoms with Gasteiger partial charge in [-0.3, -0.25) is 4.79 Å². The standard InChI is InChI=1S/C11H15NO3S/c1-3-15-11(13)8-12-16-10-6-4-9(14-2)5-7-10/h4-7,12H,3,8H2,1-2H3. The Morgan fingerprint density at radius 3 is 2.62 bits per heavy atom. The molecule has 1 rings (SSSR count). The number of esters is 1. The molecular weight excluding hydrogens is 226 g/mol. The van der Waals surface area contributed by atoms with Crippen LogP contribution < -0.4 is 9.46 Å². The summed E-state index contributed by atoms with van der Waals surface area (Å²) in [6, 6.07) is 7.58. The van der Waals surface area contributed by atoms with Crippen LogP contribution in [0.25, 0.3) is 0 Å². The van der Waals surface area contributed by atoms with Crippen molar-refractivity contribution in [1.29, 1.82) is 0 Å². The first-order valence-corrected chi connectivity index (χ1v) is 5.77. The molecule has 0 heterocycles. The lowest BCUT2D eigenvalue weighted by atomic mass is 10.3. The van der Waals surface area contributed by atoms with Crippen molar-refractivity contribution in [2.24, 2.45) is 0 Å². The van der Waals surface area contributed by atoms with Gasteiger partial charge in [0, 0.05) is 4.90 Å². The highest BCUT2D eigenvalue weighted by atomic mass is 32.2. The molecule has 1 aromatic rings. The molecule has 0 amide bonds. The number of carbonyl (C=O) groups is 1. The summed E-state index contributed by atoms with van der Waals surface area (Å²) < 4.78 is 12.7. The number of ether oxygens (including phenoxy) is 2. The van der Waals surface area contributed by atoms with E-state index in [2.05, 4.69) is 4.72 Å². The van der Waals surface area contributed by atoms with E-state index in [-0.39, 0.29) is 12.5 Å². The lowest BCUT2D eigenvalue weighted by molar-refractivity contribution is -0.141. The molecule has 0 saturated carbocycles. The summed E-state index contributed by atoms with van der Waals surface area (Å²) in [6.07, 6.45) is 0. The zero-order chi connectivity index (χ0) is 11.8. The molecule has 1 N–H and O–H groups in total. The molecule has 88 valence electrons. The van der Waals surface area contributed by atoms with Gasteiger partial charge < -0.3 is 9.47 Å². The van der Waals surface area contributed by atoms with E-state index >= 15 is 0 Å². The van der Waals surface area contributed by atoms with Crippen LogP contribution >= 0.6 is 11.9 Å². The third kappa shape index (κ3) is 4.55. The predicted molar refractivity (Wildman–Crippen MR) is 63.5 cm³/mol. The normalized spacial score (nSPS) is 9.88. The van der Waals surface area contributed by atoms with Crippen LogP contribution in [0.2, 0.25) is 0 Å². The fourth-order valence-electron chi connectivity index (χ4n) is 1.03. The van der Waals surface area contributed by atoms with E-state index in [1.807, 2.05) is 24.3 Å². The Balaban J connectivity index is 2.29. The minimum Gasteiger partial charge on any atom is -0.497 e. The maximum atomic E-state index is 11.0. The van der Waals surface area contributed by atoms with Crippen LogP contribution in [0.3, 0.4) is 0 Å². The van der Waals surface area contributed by atoms with E-state index in [0.717, 1.165) is 10.6 Å². The molecule has 0 fully saturated rings. The predicted octanol–water partition coefficient (Wildman–Crippen LogP) is 1.85. The molecule has 0 bridgehead atoms. The number of benzene rings is 1. The first-order chi connectivity index (χ1) is 7.76. The van der Waals surface area contributed by atoms with Gasteiger partial charge in [0.1, 0.15) is 12.3 Å². The van der Waals surface area contributed by atoms with Gasteiger partial charge in [-0.25, -0.2) is 4.72 Å². The van der Waals surface area contributed by atoms with Crippen molar-refractivity contribution in [3.05, 3.63) is 24.3 Å². The molecule has 0 saturated heterocycles. The molecule has 0 aliphatic carbocycles. The Morgan fingerprint density at radius 2 is 2.06 bits per heavy atom. The number of hydrogen-bond acceptors (Lipinski definition) is 5. The molecule has 5 heteroatoms. The van der Waals surface area contributed by atoms with Crippen molar-refractivity contribution < 1.29 is 14.3 Å². The van der Waals surface area contributed by atoms with Gasteiger partial charge in [-0.1, -0.05) is 0 Å². The Hall–Kier alpha value is -1.20. The summed E-state index contributed by atoms with van der Waals surface area (Å²) in [5, 5.41) is 0. The van der Waals surface area contributed by atoms with Crippen molar-refractivity contribution in [3.63, 3.8) is 0 Å². The zero-order valence-corrected chi connectivity index (χ0v) is 10.2. The SMILES string of the molecule is CCOC(=O)CNSc1ccc(OC)cc1. The third-order valence-corrected chi connectivity index (χ3v) is 2.57. The number of hydrogen-bond donors (Lipinski definition) is 1. The van der Waals surface area contributed by atoms with E-state index in [4.69, 9.17) is 9.47 Å². The molecule has 0 aliphatic heterocycles. The van der Waals surface area contributed by atoms with Gasteiger partial charge in [0.15, 0.2) is 0 Å². The largest absolute Gasteiger partial charge is 0.497 e. The van der Waals surface area contributed by atoms with Crippen molar-refractivity contribution in [2.75, 3.05) is 20.3 Å². The third-order valence-electron chi connectivity index (χ3n) is 1.77. The van der Waals surface area contributed by atoms with Gasteiger partial charge in [-0.2, -0.15) is 0 Å². The second-order valence-corrected chi connectivity index (χ2v) is 3.87. The molecule has 0 aliphatic rings. The molecule has 0 atom stereocenters. The smallest absolute Gasteiger partial charge is 0.320 e. The van der Waals surface area contributed by atoms with E-state index in [9.17, 15) is 4.79 Å². The van der Waals surface area contributed by atoms with E-state index in [1.54, 1.807) is 14.0 Å². The molecule has 0 radical (unpaired) electrons. The van der Waals surface area contributed by atoms with Gasteiger partial charge in [0.05, 0.1) is 13.7 Å². The van der Waals surface area contributed by atoms with Crippen molar-refractivity contribution in [1.82, 2.24) is 4.72 Å². The van der Waals surface area contributed by atoms with Gasteiger partial charge in [0.25, 0.3) is 0 Å². The lowest BCUT2D eigenvalue weighted by Gasteiger charge is -2.04. The second-order valence-electron chi connectivity index (χ2n) is 2.90. The van der Waals surface area contributed by atoms with Gasteiger partial charge in [-0.15, -0.1) is 0 Å². The van der Waals surface area contributed by atoms with Crippen molar-refractivity contribution in [2.45, 2.75) is 11.8 Å². The van der Waals surface area contributed by atoms with Crippen LogP contribution in [0, 0.1) is 0 Å². The average molecular weight is 241 g/mol. The van der Waals surface area contributed by atoms with Crippen molar-refractivity contribution in [3.8, 4) is 5.75 Å². The first kappa shape index (κ1) is 12.9. The Labute approximate surface area is 99.5 Å². The molecule has 16 heavy (non-hydrogen) atoms. The zero-order valence-electron chi connectivity index (χ0n) is 9.36. The average Bonchev–Trinajstić information content (AvgIpc) is 2.30. The summed E-state index contributed by atoms with van der Waals surface area (Å²) >= 11 is 1.39. The minimum absolute atomic E-state index is 0.199. The number of nitrogens with one attached hydrogen (secondary N) is 1. The van der Waals surface area contributed by atoms with Crippen LogP contribution in [0.5, 0.6) is 5.75 Å². The van der Waals surface area contributed by atoms with Gasteiger partial charge in [-0.05, 0) is 43.1 Å². The van der Waals surface area contributed by atoms with Crippen LogP contribution in [0.15, 0.2) is 29.2 Å². The summed E-state index contributed by atoms with van der Waals surface area (Å²) in [5.41, 5.74) is 0. The lowest BCUT2D eigenvalue weighted by Crippen LogP contribution is -2.19. The molecule has 0 aromatic heterocycles. The molecule has 4 nitrogen and oxygen atoms in total. The first-order valence-electron chi connectivity index (χ1n) is 4.95. The van der Waals surface area contributed by atoms with Crippen LogP contribution in [0.1, 0.15) is 6.92 Å². The maximum Gasteiger partial charge on any atom is 0.320 e. The Morgan fingerprint density at radius 1 is 1.38 bits per heavy atom. The number of rotatable bonds is 6. The number of carbonyl (C=O) groups excluding carboxylic acids is 1. The van der Waals surface area contributed by atoms with Crippen LogP contribution in [0.4, 0.5) is 0 Å². The Kier molecular flexibility index (Phi) is 5.74. The minimum atomic E-state index is -0.247. The highest BCUT2D eigenvalue weighted by Gasteiger charge is 2.01. The monoisotopic (exact) mass is 241 g/mol. The van der Waals surface area contributed by atoms with Crippen LogP contribution in [-0.4, -0.2) is 26.2 Å². The molecule has 1 aromatic carbocycles. The number of methoxy groups -OCH3 is 1. The van der Waals surface area contributed by atoms with Crippen molar-refractivity contribution >= 4 is 17.9 Å². The molecule has 0 unspecified atom stereocenters. The van der Waals surface area contributed by atoms with Gasteiger partial charge in [0.2, 0.25) is 0 Å². The summed E-state index contributed by atoms with van der Waals surface area (Å²) in [6.45, 7) is 2.40. The molecular formula is C11H15NO3S. The highest BCUT2D eigenvalue weighted by molar-refractivity contribution is 7.97. The fourth-order valence-corrected chi connectivity index (χ4v) is 1.66. The molecule has 0 spiro atoms. The topological polar surface area (TPSA) is 47.6 Å². The summed E-state index contributed by atoms with van der Waals surface area (Å²) in [5.74, 6) is 0.568. The fraction of sp³-hybridized carbons (Fsp3) is 0.364. The van der Waals surface area contributed by atoms with E-state index in [0.29, 0.717) is 6.61 Å².